The third-order valence-electron chi connectivity index (χ3n) is 6.59. The molecule has 3 aromatic rings. The largest absolute Gasteiger partial charge is 0.493 e. The Hall–Kier alpha value is -4.04. The molecule has 0 fully saturated rings. The van der Waals surface area contributed by atoms with Crippen LogP contribution in [0.1, 0.15) is 42.2 Å². The zero-order valence-corrected chi connectivity index (χ0v) is 21.5. The van der Waals surface area contributed by atoms with Crippen LogP contribution in [0.25, 0.3) is 11.1 Å². The molecule has 0 aliphatic heterocycles. The molecule has 194 valence electrons. The van der Waals surface area contributed by atoms with E-state index < -0.39 is 6.10 Å². The van der Waals surface area contributed by atoms with E-state index in [9.17, 15) is 14.7 Å². The Morgan fingerprint density at radius 1 is 1.03 bits per heavy atom. The minimum Gasteiger partial charge on any atom is -0.493 e. The number of amides is 1. The number of benzene rings is 2. The molecule has 0 saturated heterocycles. The van der Waals surface area contributed by atoms with Gasteiger partial charge in [-0.25, -0.2) is 0 Å². The van der Waals surface area contributed by atoms with Crippen LogP contribution in [0.5, 0.6) is 17.2 Å². The number of hydrogen-bond donors (Lipinski definition) is 3. The molecule has 3 N–H and O–H groups in total. The highest BCUT2D eigenvalue weighted by molar-refractivity contribution is 5.83. The Kier molecular flexibility index (Phi) is 7.98. The highest BCUT2D eigenvalue weighted by Crippen LogP contribution is 2.50. The van der Waals surface area contributed by atoms with Gasteiger partial charge in [0.15, 0.2) is 11.5 Å². The summed E-state index contributed by atoms with van der Waals surface area (Å²) in [5.41, 5.74) is 4.01. The number of aryl methyl sites for hydroxylation is 1. The summed E-state index contributed by atoms with van der Waals surface area (Å²) in [5.74, 6) is 1.30. The van der Waals surface area contributed by atoms with E-state index in [4.69, 9.17) is 14.2 Å². The van der Waals surface area contributed by atoms with E-state index in [0.29, 0.717) is 41.3 Å². The number of fused-ring (bicyclic) bond motifs is 3. The molecule has 8 nitrogen and oxygen atoms in total. The molecule has 0 bridgehead atoms. The molecule has 4 rings (SSSR count). The van der Waals surface area contributed by atoms with Crippen molar-refractivity contribution in [1.29, 1.82) is 0 Å². The van der Waals surface area contributed by atoms with E-state index in [0.717, 1.165) is 22.3 Å². The molecule has 0 spiro atoms. The van der Waals surface area contributed by atoms with Crippen molar-refractivity contribution in [2.24, 2.45) is 0 Å². The quantitative estimate of drug-likeness (QED) is 0.426. The molecule has 2 atom stereocenters. The van der Waals surface area contributed by atoms with Crippen molar-refractivity contribution < 1.29 is 24.1 Å². The van der Waals surface area contributed by atoms with Gasteiger partial charge in [-0.05, 0) is 53.3 Å². The van der Waals surface area contributed by atoms with Gasteiger partial charge in [0.05, 0.1) is 39.2 Å². The van der Waals surface area contributed by atoms with Crippen LogP contribution in [0.3, 0.4) is 0 Å². The zero-order valence-electron chi connectivity index (χ0n) is 21.5. The van der Waals surface area contributed by atoms with Crippen LogP contribution in [0.2, 0.25) is 0 Å². The highest BCUT2D eigenvalue weighted by atomic mass is 16.5. The average Bonchev–Trinajstić information content (AvgIpc) is 3.15. The maximum Gasteiger partial charge on any atom is 0.217 e. The summed E-state index contributed by atoms with van der Waals surface area (Å²) in [7, 11) is 4.68. The third-order valence-corrected chi connectivity index (χ3v) is 6.59. The summed E-state index contributed by atoms with van der Waals surface area (Å²) >= 11 is 0. The predicted octanol–water partition coefficient (Wildman–Crippen LogP) is 4.01. The first-order chi connectivity index (χ1) is 17.9. The van der Waals surface area contributed by atoms with Crippen molar-refractivity contribution in [3.8, 4) is 28.4 Å². The maximum absolute atomic E-state index is 13.3. The van der Waals surface area contributed by atoms with Crippen LogP contribution in [0.15, 0.2) is 59.4 Å². The molecular weight excluding hydrogens is 472 g/mol. The number of ether oxygens (including phenoxy) is 3. The van der Waals surface area contributed by atoms with Crippen molar-refractivity contribution >= 4 is 11.6 Å². The molecule has 0 saturated carbocycles. The Morgan fingerprint density at radius 3 is 2.41 bits per heavy atom. The predicted molar refractivity (Wildman–Crippen MR) is 143 cm³/mol. The monoisotopic (exact) mass is 504 g/mol. The fourth-order valence-corrected chi connectivity index (χ4v) is 4.85. The summed E-state index contributed by atoms with van der Waals surface area (Å²) in [6.45, 7) is 1.62. The van der Waals surface area contributed by atoms with Gasteiger partial charge < -0.3 is 30.0 Å². The number of methoxy groups -OCH3 is 3. The molecule has 3 aromatic carbocycles. The number of rotatable bonds is 8. The lowest BCUT2D eigenvalue weighted by Gasteiger charge is -2.19. The average molecular weight is 505 g/mol. The van der Waals surface area contributed by atoms with Crippen LogP contribution < -0.4 is 30.3 Å². The van der Waals surface area contributed by atoms with Crippen molar-refractivity contribution in [2.45, 2.75) is 31.9 Å². The number of carbonyl (C=O) groups is 1. The van der Waals surface area contributed by atoms with Crippen LogP contribution in [0.4, 0.5) is 5.69 Å². The van der Waals surface area contributed by atoms with Gasteiger partial charge in [-0.15, -0.1) is 0 Å². The number of nitrogens with one attached hydrogen (secondary N) is 2. The Labute approximate surface area is 216 Å². The first kappa shape index (κ1) is 26.0. The van der Waals surface area contributed by atoms with Gasteiger partial charge >= 0.3 is 0 Å². The van der Waals surface area contributed by atoms with E-state index in [1.807, 2.05) is 42.5 Å². The molecule has 0 unspecified atom stereocenters. The van der Waals surface area contributed by atoms with Crippen LogP contribution in [-0.4, -0.2) is 38.9 Å². The SMILES string of the molecule is COc1cc2c(c(OC)c1OC)-c1ccc(NC[C@H](O)c3ccccc3)c(=O)cc1[C@@H](NC(C)=O)CC2. The van der Waals surface area contributed by atoms with E-state index in [1.54, 1.807) is 33.5 Å². The Bertz CT molecular complexity index is 1340. The minimum absolute atomic E-state index is 0.161. The Morgan fingerprint density at radius 2 is 1.76 bits per heavy atom. The summed E-state index contributed by atoms with van der Waals surface area (Å²) in [6.07, 6.45) is 0.420. The van der Waals surface area contributed by atoms with Gasteiger partial charge in [-0.1, -0.05) is 36.4 Å². The van der Waals surface area contributed by atoms with Crippen LogP contribution in [0, 0.1) is 0 Å². The van der Waals surface area contributed by atoms with Crippen molar-refractivity contribution in [2.75, 3.05) is 33.2 Å². The van der Waals surface area contributed by atoms with Gasteiger partial charge in [0, 0.05) is 19.0 Å². The lowest BCUT2D eigenvalue weighted by atomic mass is 9.95. The number of anilines is 1. The van der Waals surface area contributed by atoms with Crippen molar-refractivity contribution in [3.05, 3.63) is 81.5 Å². The second kappa shape index (κ2) is 11.3. The molecule has 1 aliphatic rings. The molecule has 37 heavy (non-hydrogen) atoms. The van der Waals surface area contributed by atoms with Crippen LogP contribution >= 0.6 is 0 Å². The number of aliphatic hydroxyl groups excluding tert-OH is 1. The normalized spacial score (nSPS) is 14.9. The second-order valence-corrected chi connectivity index (χ2v) is 8.90. The number of carbonyl (C=O) groups excluding carboxylic acids is 1. The summed E-state index contributed by atoms with van der Waals surface area (Å²) < 4.78 is 17.0. The molecule has 1 aliphatic carbocycles. The maximum atomic E-state index is 13.3. The number of hydrogen-bond acceptors (Lipinski definition) is 7. The van der Waals surface area contributed by atoms with Gasteiger partial charge in [-0.2, -0.15) is 0 Å². The van der Waals surface area contributed by atoms with E-state index in [-0.39, 0.29) is 23.9 Å². The standard InChI is InChI=1S/C29H32N2O6/c1-17(32)31-22-12-10-19-14-26(35-2)28(36-3)29(37-4)27(19)20-11-13-23(24(33)15-21(20)22)30-16-25(34)18-8-6-5-7-9-18/h5-9,11,13-15,22,25,34H,10,12,16H2,1-4H3,(H,30,33)(H,31,32)/t22-,25-/m0/s1. The van der Waals surface area contributed by atoms with E-state index in [1.165, 1.54) is 6.92 Å². The fourth-order valence-electron chi connectivity index (χ4n) is 4.85. The summed E-state index contributed by atoms with van der Waals surface area (Å²) in [5, 5.41) is 16.7. The van der Waals surface area contributed by atoms with Crippen LogP contribution in [-0.2, 0) is 11.2 Å². The van der Waals surface area contributed by atoms with Crippen molar-refractivity contribution in [1.82, 2.24) is 5.32 Å². The number of aliphatic hydroxyl groups is 1. The van der Waals surface area contributed by atoms with Gasteiger partial charge in [0.2, 0.25) is 17.1 Å². The minimum atomic E-state index is -0.784. The molecule has 8 heteroatoms. The smallest absolute Gasteiger partial charge is 0.217 e. The van der Waals surface area contributed by atoms with E-state index >= 15 is 0 Å². The molecule has 1 amide bonds. The third kappa shape index (κ3) is 5.39. The fraction of sp³-hybridized carbons (Fsp3) is 0.310. The Balaban J connectivity index is 1.85. The summed E-state index contributed by atoms with van der Waals surface area (Å²) in [6, 6.07) is 15.9. The first-order valence-corrected chi connectivity index (χ1v) is 12.1. The first-order valence-electron chi connectivity index (χ1n) is 12.1. The second-order valence-electron chi connectivity index (χ2n) is 8.90. The molecular formula is C29H32N2O6. The summed E-state index contributed by atoms with van der Waals surface area (Å²) in [4.78, 5) is 25.4. The topological polar surface area (TPSA) is 106 Å². The van der Waals surface area contributed by atoms with Gasteiger partial charge in [-0.3, -0.25) is 9.59 Å². The zero-order chi connectivity index (χ0) is 26.5. The van der Waals surface area contributed by atoms with E-state index in [2.05, 4.69) is 10.6 Å². The van der Waals surface area contributed by atoms with Gasteiger partial charge in [0.1, 0.15) is 0 Å². The van der Waals surface area contributed by atoms with Crippen molar-refractivity contribution in [3.63, 3.8) is 0 Å². The lowest BCUT2D eigenvalue weighted by molar-refractivity contribution is -0.119. The lowest BCUT2D eigenvalue weighted by Crippen LogP contribution is -2.26. The molecule has 0 radical (unpaired) electrons. The highest BCUT2D eigenvalue weighted by Gasteiger charge is 2.29. The van der Waals surface area contributed by atoms with Gasteiger partial charge in [0.25, 0.3) is 0 Å². The molecule has 0 heterocycles. The molecule has 0 aromatic heterocycles.